The zero-order valence-electron chi connectivity index (χ0n) is 23.8. The Bertz CT molecular complexity index is 1210. The number of imide groups is 1. The first-order valence-corrected chi connectivity index (χ1v) is 13.3. The third kappa shape index (κ3) is 8.72. The molecule has 1 fully saturated rings. The van der Waals surface area contributed by atoms with Gasteiger partial charge in [-0.3, -0.25) is 14.4 Å². The summed E-state index contributed by atoms with van der Waals surface area (Å²) in [7, 11) is 3.23. The smallest absolute Gasteiger partial charge is 0.336 e. The zero-order valence-corrected chi connectivity index (χ0v) is 23.8. The Morgan fingerprint density at radius 3 is 2.25 bits per heavy atom. The Morgan fingerprint density at radius 2 is 1.60 bits per heavy atom. The first-order valence-electron chi connectivity index (χ1n) is 13.3. The third-order valence-electron chi connectivity index (χ3n) is 6.53. The Kier molecular flexibility index (Phi) is 10.5. The van der Waals surface area contributed by atoms with Gasteiger partial charge in [0.05, 0.1) is 20.1 Å². The van der Waals surface area contributed by atoms with E-state index in [1.54, 1.807) is 41.1 Å². The predicted molar refractivity (Wildman–Crippen MR) is 147 cm³/mol. The monoisotopic (exact) mass is 554 g/mol. The quantitative estimate of drug-likeness (QED) is 0.350. The lowest BCUT2D eigenvalue weighted by Gasteiger charge is -2.29. The van der Waals surface area contributed by atoms with Crippen molar-refractivity contribution in [2.45, 2.75) is 64.8 Å². The highest BCUT2D eigenvalue weighted by Gasteiger charge is 2.35. The normalized spacial score (nSPS) is 14.1. The van der Waals surface area contributed by atoms with E-state index < -0.39 is 29.2 Å². The molecule has 1 atom stereocenters. The van der Waals surface area contributed by atoms with Gasteiger partial charge in [0, 0.05) is 18.4 Å². The van der Waals surface area contributed by atoms with E-state index in [4.69, 9.17) is 19.0 Å². The second kappa shape index (κ2) is 13.8. The van der Waals surface area contributed by atoms with Gasteiger partial charge in [-0.05, 0) is 74.9 Å². The SMILES string of the molecule is COc1ccc(CCCc2cccc(OCC(=O)NC(C)(C)CC(C)C(=O)ON3C(=O)CCC3=O)c2)cc1OC. The number of nitrogens with one attached hydrogen (secondary N) is 1. The van der Waals surface area contributed by atoms with E-state index in [1.807, 2.05) is 36.4 Å². The minimum Gasteiger partial charge on any atom is -0.493 e. The van der Waals surface area contributed by atoms with Crippen LogP contribution >= 0.6 is 0 Å². The van der Waals surface area contributed by atoms with Crippen molar-refractivity contribution in [3.63, 3.8) is 0 Å². The van der Waals surface area contributed by atoms with Crippen LogP contribution in [-0.2, 0) is 36.9 Å². The van der Waals surface area contributed by atoms with Gasteiger partial charge >= 0.3 is 5.97 Å². The highest BCUT2D eigenvalue weighted by atomic mass is 16.7. The van der Waals surface area contributed by atoms with Crippen LogP contribution < -0.4 is 19.5 Å². The van der Waals surface area contributed by atoms with Gasteiger partial charge in [0.15, 0.2) is 18.1 Å². The minimum absolute atomic E-state index is 0.0320. The summed E-state index contributed by atoms with van der Waals surface area (Å²) in [6.45, 7) is 4.99. The van der Waals surface area contributed by atoms with Crippen LogP contribution in [-0.4, -0.2) is 55.1 Å². The summed E-state index contributed by atoms with van der Waals surface area (Å²) in [6, 6.07) is 13.6. The number of hydrogen-bond donors (Lipinski definition) is 1. The summed E-state index contributed by atoms with van der Waals surface area (Å²) in [5, 5.41) is 3.40. The fraction of sp³-hybridized carbons (Fsp3) is 0.467. The molecule has 10 nitrogen and oxygen atoms in total. The Labute approximate surface area is 234 Å². The van der Waals surface area contributed by atoms with Crippen LogP contribution in [0.1, 0.15) is 57.6 Å². The van der Waals surface area contributed by atoms with E-state index in [9.17, 15) is 19.2 Å². The number of carbonyl (C=O) groups is 4. The molecule has 1 N–H and O–H groups in total. The van der Waals surface area contributed by atoms with Crippen molar-refractivity contribution in [3.8, 4) is 17.2 Å². The summed E-state index contributed by atoms with van der Waals surface area (Å²) in [4.78, 5) is 53.3. The molecule has 1 saturated heterocycles. The molecule has 3 amide bonds. The van der Waals surface area contributed by atoms with Crippen LogP contribution in [0.25, 0.3) is 0 Å². The van der Waals surface area contributed by atoms with Crippen molar-refractivity contribution in [3.05, 3.63) is 53.6 Å². The van der Waals surface area contributed by atoms with Crippen molar-refractivity contribution >= 4 is 23.7 Å². The molecular weight excluding hydrogens is 516 g/mol. The largest absolute Gasteiger partial charge is 0.493 e. The lowest BCUT2D eigenvalue weighted by molar-refractivity contribution is -0.200. The molecule has 0 saturated carbocycles. The summed E-state index contributed by atoms with van der Waals surface area (Å²) in [5.74, 6) is -0.759. The van der Waals surface area contributed by atoms with Crippen molar-refractivity contribution in [2.75, 3.05) is 20.8 Å². The van der Waals surface area contributed by atoms with E-state index >= 15 is 0 Å². The summed E-state index contributed by atoms with van der Waals surface area (Å²) < 4.78 is 16.4. The van der Waals surface area contributed by atoms with Crippen LogP contribution in [0.5, 0.6) is 17.2 Å². The van der Waals surface area contributed by atoms with Gasteiger partial charge in [0.25, 0.3) is 17.7 Å². The summed E-state index contributed by atoms with van der Waals surface area (Å²) in [6.07, 6.45) is 2.94. The number of methoxy groups -OCH3 is 2. The molecule has 0 radical (unpaired) electrons. The molecule has 1 aliphatic heterocycles. The second-order valence-corrected chi connectivity index (χ2v) is 10.5. The predicted octanol–water partition coefficient (Wildman–Crippen LogP) is 3.79. The van der Waals surface area contributed by atoms with Gasteiger partial charge in [-0.15, -0.1) is 5.06 Å². The van der Waals surface area contributed by atoms with Crippen molar-refractivity contribution in [2.24, 2.45) is 5.92 Å². The molecule has 40 heavy (non-hydrogen) atoms. The fourth-order valence-corrected chi connectivity index (χ4v) is 4.62. The zero-order chi connectivity index (χ0) is 29.3. The van der Waals surface area contributed by atoms with Gasteiger partial charge in [-0.25, -0.2) is 4.79 Å². The fourth-order valence-electron chi connectivity index (χ4n) is 4.62. The molecule has 0 aliphatic carbocycles. The number of ether oxygens (including phenoxy) is 3. The number of carbonyl (C=O) groups excluding carboxylic acids is 4. The molecule has 1 unspecified atom stereocenters. The maximum Gasteiger partial charge on any atom is 0.336 e. The molecule has 0 aromatic heterocycles. The molecule has 10 heteroatoms. The Morgan fingerprint density at radius 1 is 0.950 bits per heavy atom. The number of amides is 3. The van der Waals surface area contributed by atoms with E-state index in [2.05, 4.69) is 5.32 Å². The highest BCUT2D eigenvalue weighted by Crippen LogP contribution is 2.28. The van der Waals surface area contributed by atoms with Crippen LogP contribution in [0.15, 0.2) is 42.5 Å². The molecule has 1 heterocycles. The number of rotatable bonds is 14. The molecule has 0 spiro atoms. The van der Waals surface area contributed by atoms with Crippen molar-refractivity contribution < 1.29 is 38.2 Å². The highest BCUT2D eigenvalue weighted by molar-refractivity contribution is 6.01. The number of hydrogen-bond acceptors (Lipinski definition) is 8. The lowest BCUT2D eigenvalue weighted by Crippen LogP contribution is -2.47. The minimum atomic E-state index is -0.760. The standard InChI is InChI=1S/C30H38N2O8/c1-20(29(36)40-32-27(34)14-15-28(32)35)18-30(2,3)31-26(33)19-39-23-11-7-10-21(16-23)8-6-9-22-12-13-24(37-4)25(17-22)38-5/h7,10-13,16-17,20H,6,8-9,14-15,18-19H2,1-5H3,(H,31,33). The van der Waals surface area contributed by atoms with Gasteiger partial charge in [-0.1, -0.05) is 25.1 Å². The average molecular weight is 555 g/mol. The number of aryl methyl sites for hydroxylation is 2. The van der Waals surface area contributed by atoms with Crippen molar-refractivity contribution in [1.29, 1.82) is 0 Å². The maximum atomic E-state index is 12.6. The van der Waals surface area contributed by atoms with Crippen LogP contribution in [0.3, 0.4) is 0 Å². The van der Waals surface area contributed by atoms with Crippen LogP contribution in [0, 0.1) is 5.92 Å². The second-order valence-electron chi connectivity index (χ2n) is 10.5. The van der Waals surface area contributed by atoms with Gasteiger partial charge in [0.1, 0.15) is 5.75 Å². The topological polar surface area (TPSA) is 120 Å². The van der Waals surface area contributed by atoms with E-state index in [-0.39, 0.29) is 31.8 Å². The third-order valence-corrected chi connectivity index (χ3v) is 6.53. The van der Waals surface area contributed by atoms with E-state index in [1.165, 1.54) is 0 Å². The maximum absolute atomic E-state index is 12.6. The van der Waals surface area contributed by atoms with Crippen LogP contribution in [0.4, 0.5) is 0 Å². The number of nitrogens with zero attached hydrogens (tertiary/aromatic N) is 1. The van der Waals surface area contributed by atoms with E-state index in [0.717, 1.165) is 30.4 Å². The van der Waals surface area contributed by atoms with Gasteiger partial charge in [-0.2, -0.15) is 0 Å². The molecule has 216 valence electrons. The molecule has 3 rings (SSSR count). The van der Waals surface area contributed by atoms with Gasteiger partial charge < -0.3 is 24.4 Å². The van der Waals surface area contributed by atoms with Gasteiger partial charge in [0.2, 0.25) is 0 Å². The first-order chi connectivity index (χ1) is 19.0. The lowest BCUT2D eigenvalue weighted by atomic mass is 9.91. The molecular formula is C30H38N2O8. The summed E-state index contributed by atoms with van der Waals surface area (Å²) >= 11 is 0. The Hall–Kier alpha value is -4.08. The van der Waals surface area contributed by atoms with E-state index in [0.29, 0.717) is 22.3 Å². The number of benzene rings is 2. The van der Waals surface area contributed by atoms with Crippen LogP contribution in [0.2, 0.25) is 0 Å². The van der Waals surface area contributed by atoms with Crippen molar-refractivity contribution in [1.82, 2.24) is 10.4 Å². The molecule has 2 aromatic rings. The molecule has 0 bridgehead atoms. The average Bonchev–Trinajstić information content (AvgIpc) is 3.23. The first kappa shape index (κ1) is 30.5. The summed E-state index contributed by atoms with van der Waals surface area (Å²) in [5.41, 5.74) is 1.50. The molecule has 2 aromatic carbocycles. The Balaban J connectivity index is 1.43. The number of hydroxylamine groups is 2. The molecule has 1 aliphatic rings.